The van der Waals surface area contributed by atoms with Crippen LogP contribution in [0, 0.1) is 28.5 Å². The zero-order valence-corrected chi connectivity index (χ0v) is 26.7. The molecule has 0 unspecified atom stereocenters. The minimum atomic E-state index is -0.563. The van der Waals surface area contributed by atoms with Crippen LogP contribution in [0.25, 0.3) is 10.9 Å². The van der Waals surface area contributed by atoms with E-state index in [1.807, 2.05) is 0 Å². The van der Waals surface area contributed by atoms with Crippen molar-refractivity contribution in [3.05, 3.63) is 52.9 Å². The molecule has 5 rings (SSSR count). The molecule has 1 aliphatic heterocycles. The first-order valence-corrected chi connectivity index (χ1v) is 16.1. The molecule has 2 heterocycles. The van der Waals surface area contributed by atoms with Crippen molar-refractivity contribution >= 4 is 45.8 Å². The minimum absolute atomic E-state index is 0.0677. The van der Waals surface area contributed by atoms with Crippen LogP contribution in [0.5, 0.6) is 11.5 Å². The molecule has 1 aliphatic carbocycles. The summed E-state index contributed by atoms with van der Waals surface area (Å²) >= 11 is 6.00. The standard InChI is InChI=1S/C34H39ClFN5O5/c1-41-12-10-34(11-13-41)17-22(18-34)21-45-29-16-28-25(15-30(29)46-32(43)7-5-3-2-4-6-31(42)40-44)33(23(19-37)20-38-28)39-24-8-9-27(36)26(35)14-24/h8-9,14-16,20,22,44H,2-7,10-13,17-18,21H2,1H3,(H,38,39)(H,40,42). The Labute approximate surface area is 272 Å². The highest BCUT2D eigenvalue weighted by atomic mass is 35.5. The third-order valence-electron chi connectivity index (χ3n) is 9.09. The molecule has 0 bridgehead atoms. The Hall–Kier alpha value is -3.98. The Kier molecular flexibility index (Phi) is 10.9. The summed E-state index contributed by atoms with van der Waals surface area (Å²) in [6.07, 6.45) is 9.09. The third-order valence-corrected chi connectivity index (χ3v) is 9.38. The molecule has 244 valence electrons. The largest absolute Gasteiger partial charge is 0.489 e. The van der Waals surface area contributed by atoms with Crippen LogP contribution >= 0.6 is 11.6 Å². The number of nitriles is 1. The smallest absolute Gasteiger partial charge is 0.311 e. The van der Waals surface area contributed by atoms with Crippen LogP contribution in [0.4, 0.5) is 15.8 Å². The Morgan fingerprint density at radius 2 is 1.87 bits per heavy atom. The zero-order valence-electron chi connectivity index (χ0n) is 25.9. The van der Waals surface area contributed by atoms with E-state index in [2.05, 4.69) is 28.3 Å². The Morgan fingerprint density at radius 3 is 2.57 bits per heavy atom. The molecule has 10 nitrogen and oxygen atoms in total. The van der Waals surface area contributed by atoms with Gasteiger partial charge in [-0.05, 0) is 94.3 Å². The van der Waals surface area contributed by atoms with Crippen LogP contribution in [0.15, 0.2) is 36.5 Å². The van der Waals surface area contributed by atoms with Crippen molar-refractivity contribution in [1.82, 2.24) is 15.4 Å². The van der Waals surface area contributed by atoms with Crippen molar-refractivity contribution in [3.63, 3.8) is 0 Å². The predicted molar refractivity (Wildman–Crippen MR) is 172 cm³/mol. The fourth-order valence-electron chi connectivity index (χ4n) is 6.46. The molecule has 0 atom stereocenters. The maximum atomic E-state index is 13.8. The van der Waals surface area contributed by atoms with E-state index in [4.69, 9.17) is 26.3 Å². The first-order chi connectivity index (χ1) is 22.2. The number of pyridine rings is 1. The fraction of sp³-hybridized carbons (Fsp3) is 0.471. The number of nitrogens with zero attached hydrogens (tertiary/aromatic N) is 3. The summed E-state index contributed by atoms with van der Waals surface area (Å²) in [4.78, 5) is 31.0. The van der Waals surface area contributed by atoms with Crippen molar-refractivity contribution in [3.8, 4) is 17.6 Å². The second-order valence-electron chi connectivity index (χ2n) is 12.5. The van der Waals surface area contributed by atoms with Crippen molar-refractivity contribution in [2.24, 2.45) is 11.3 Å². The number of benzene rings is 2. The predicted octanol–water partition coefficient (Wildman–Crippen LogP) is 6.89. The van der Waals surface area contributed by atoms with E-state index in [1.165, 1.54) is 37.2 Å². The number of halogens is 2. The van der Waals surface area contributed by atoms with E-state index >= 15 is 0 Å². The molecule has 12 heteroatoms. The van der Waals surface area contributed by atoms with Gasteiger partial charge in [0, 0.05) is 36.2 Å². The Bertz CT molecular complexity index is 1610. The van der Waals surface area contributed by atoms with Gasteiger partial charge in [0.1, 0.15) is 11.9 Å². The molecule has 2 aromatic carbocycles. The molecule has 2 aliphatic rings. The lowest BCUT2D eigenvalue weighted by molar-refractivity contribution is -0.134. The normalized spacial score (nSPS) is 16.1. The number of carbonyl (C=O) groups excluding carboxylic acids is 2. The number of carbonyl (C=O) groups is 2. The molecule has 3 N–H and O–H groups in total. The van der Waals surface area contributed by atoms with Crippen LogP contribution in [-0.4, -0.2) is 53.7 Å². The van der Waals surface area contributed by atoms with Gasteiger partial charge in [0.2, 0.25) is 5.91 Å². The van der Waals surface area contributed by atoms with Crippen LogP contribution < -0.4 is 20.3 Å². The zero-order chi connectivity index (χ0) is 32.7. The summed E-state index contributed by atoms with van der Waals surface area (Å²) in [5, 5.41) is 22.1. The van der Waals surface area contributed by atoms with Gasteiger partial charge < -0.3 is 19.7 Å². The molecule has 1 spiro atoms. The second kappa shape index (κ2) is 15.1. The topological polar surface area (TPSA) is 137 Å². The number of amides is 1. The van der Waals surface area contributed by atoms with E-state index in [0.717, 1.165) is 38.8 Å². The number of unbranched alkanes of at least 4 members (excludes halogenated alkanes) is 3. The van der Waals surface area contributed by atoms with Gasteiger partial charge in [-0.2, -0.15) is 5.26 Å². The molecular formula is C34H39ClFN5O5. The van der Waals surface area contributed by atoms with Crippen LogP contribution in [0.3, 0.4) is 0 Å². The van der Waals surface area contributed by atoms with E-state index in [0.29, 0.717) is 58.8 Å². The number of piperidine rings is 1. The number of hydroxylamine groups is 1. The summed E-state index contributed by atoms with van der Waals surface area (Å²) < 4.78 is 26.0. The molecule has 1 saturated carbocycles. The lowest BCUT2D eigenvalue weighted by atomic mass is 9.58. The van der Waals surface area contributed by atoms with E-state index in [-0.39, 0.29) is 29.2 Å². The van der Waals surface area contributed by atoms with Gasteiger partial charge in [0.25, 0.3) is 0 Å². The van der Waals surface area contributed by atoms with Gasteiger partial charge in [-0.15, -0.1) is 0 Å². The Morgan fingerprint density at radius 1 is 1.13 bits per heavy atom. The van der Waals surface area contributed by atoms with Crippen molar-refractivity contribution < 1.29 is 28.7 Å². The number of fused-ring (bicyclic) bond motifs is 1. The second-order valence-corrected chi connectivity index (χ2v) is 12.9. The molecule has 1 amide bonds. The molecule has 46 heavy (non-hydrogen) atoms. The maximum absolute atomic E-state index is 13.8. The number of likely N-dealkylation sites (tertiary alicyclic amines) is 1. The Balaban J connectivity index is 1.34. The summed E-state index contributed by atoms with van der Waals surface area (Å²) in [5.74, 6) is -0.402. The molecular weight excluding hydrogens is 613 g/mol. The highest BCUT2D eigenvalue weighted by Gasteiger charge is 2.45. The van der Waals surface area contributed by atoms with E-state index in [9.17, 15) is 19.2 Å². The van der Waals surface area contributed by atoms with Crippen LogP contribution in [-0.2, 0) is 9.59 Å². The number of anilines is 2. The average molecular weight is 652 g/mol. The highest BCUT2D eigenvalue weighted by molar-refractivity contribution is 6.31. The van der Waals surface area contributed by atoms with Crippen LogP contribution in [0.1, 0.15) is 69.8 Å². The number of hydrogen-bond donors (Lipinski definition) is 3. The molecule has 0 radical (unpaired) electrons. The maximum Gasteiger partial charge on any atom is 0.311 e. The average Bonchev–Trinajstić information content (AvgIpc) is 3.03. The summed E-state index contributed by atoms with van der Waals surface area (Å²) in [7, 11) is 2.16. The SMILES string of the molecule is CN1CCC2(CC1)CC(COc1cc3ncc(C#N)c(Nc4ccc(F)c(Cl)c4)c3cc1OC(=O)CCCCCCC(=O)NO)C2. The first kappa shape index (κ1) is 33.4. The number of rotatable bonds is 13. The van der Waals surface area contributed by atoms with Crippen LogP contribution in [0.2, 0.25) is 5.02 Å². The number of ether oxygens (including phenoxy) is 2. The van der Waals surface area contributed by atoms with Crippen molar-refractivity contribution in [1.29, 1.82) is 5.26 Å². The number of nitrogens with one attached hydrogen (secondary N) is 2. The number of aromatic nitrogens is 1. The minimum Gasteiger partial charge on any atom is -0.489 e. The van der Waals surface area contributed by atoms with Crippen molar-refractivity contribution in [2.75, 3.05) is 32.1 Å². The summed E-state index contributed by atoms with van der Waals surface area (Å²) in [6, 6.07) is 9.68. The van der Waals surface area contributed by atoms with Gasteiger partial charge in [0.15, 0.2) is 11.5 Å². The number of esters is 1. The number of hydrogen-bond acceptors (Lipinski definition) is 9. The molecule has 1 aromatic heterocycles. The van der Waals surface area contributed by atoms with E-state index in [1.54, 1.807) is 17.6 Å². The fourth-order valence-corrected chi connectivity index (χ4v) is 6.64. The summed E-state index contributed by atoms with van der Waals surface area (Å²) in [5.41, 5.74) is 3.67. The molecule has 1 saturated heterocycles. The third kappa shape index (κ3) is 8.23. The highest BCUT2D eigenvalue weighted by Crippen LogP contribution is 2.52. The lowest BCUT2D eigenvalue weighted by Crippen LogP contribution is -2.47. The first-order valence-electron chi connectivity index (χ1n) is 15.7. The van der Waals surface area contributed by atoms with Gasteiger partial charge in [-0.1, -0.05) is 24.4 Å². The monoisotopic (exact) mass is 651 g/mol. The van der Waals surface area contributed by atoms with E-state index < -0.39 is 17.7 Å². The van der Waals surface area contributed by atoms with Gasteiger partial charge >= 0.3 is 5.97 Å². The van der Waals surface area contributed by atoms with Gasteiger partial charge in [-0.3, -0.25) is 19.8 Å². The quantitative estimate of drug-likeness (QED) is 0.0593. The molecule has 2 fully saturated rings. The summed E-state index contributed by atoms with van der Waals surface area (Å²) in [6.45, 7) is 2.73. The van der Waals surface area contributed by atoms with Crippen molar-refractivity contribution in [2.45, 2.75) is 64.2 Å². The van der Waals surface area contributed by atoms with Gasteiger partial charge in [0.05, 0.1) is 28.4 Å². The molecule has 3 aromatic rings. The van der Waals surface area contributed by atoms with Gasteiger partial charge in [-0.25, -0.2) is 9.87 Å². The lowest BCUT2D eigenvalue weighted by Gasteiger charge is -2.51.